The van der Waals surface area contributed by atoms with Crippen molar-refractivity contribution in [3.63, 3.8) is 0 Å². The zero-order valence-electron chi connectivity index (χ0n) is 14.8. The Hall–Kier alpha value is -2.60. The van der Waals surface area contributed by atoms with E-state index in [1.54, 1.807) is 23.1 Å². The second-order valence-electron chi connectivity index (χ2n) is 6.32. The molecule has 0 radical (unpaired) electrons. The monoisotopic (exact) mass is 370 g/mol. The highest BCUT2D eigenvalue weighted by Gasteiger charge is 2.25. The van der Waals surface area contributed by atoms with E-state index in [1.165, 1.54) is 10.6 Å². The summed E-state index contributed by atoms with van der Waals surface area (Å²) in [6.45, 7) is 4.62. The van der Waals surface area contributed by atoms with Crippen LogP contribution in [0.4, 0.5) is 11.4 Å². The summed E-state index contributed by atoms with van der Waals surface area (Å²) in [5.41, 5.74) is 2.90. The molecule has 2 aromatic rings. The molecule has 0 N–H and O–H groups in total. The first-order valence-electron chi connectivity index (χ1n) is 8.50. The van der Waals surface area contributed by atoms with Crippen molar-refractivity contribution in [3.05, 3.63) is 72.3 Å². The van der Waals surface area contributed by atoms with Gasteiger partial charge in [-0.05, 0) is 48.7 Å². The number of rotatable bonds is 5. The van der Waals surface area contributed by atoms with E-state index in [0.29, 0.717) is 24.3 Å². The molecular formula is C20H22N2O3S. The average molecular weight is 370 g/mol. The molecule has 6 heteroatoms. The lowest BCUT2D eigenvalue weighted by molar-refractivity contribution is 0.0989. The number of hydrogen-bond acceptors (Lipinski definition) is 3. The predicted octanol–water partition coefficient (Wildman–Crippen LogP) is 3.23. The Morgan fingerprint density at radius 2 is 1.96 bits per heavy atom. The quantitative estimate of drug-likeness (QED) is 0.759. The Balaban J connectivity index is 1.97. The molecule has 3 rings (SSSR count). The number of benzene rings is 2. The summed E-state index contributed by atoms with van der Waals surface area (Å²) in [4.78, 5) is 14.7. The smallest absolute Gasteiger partial charge is 0.258 e. The van der Waals surface area contributed by atoms with Crippen molar-refractivity contribution in [2.45, 2.75) is 12.8 Å². The van der Waals surface area contributed by atoms with Crippen LogP contribution in [0.5, 0.6) is 0 Å². The van der Waals surface area contributed by atoms with E-state index in [9.17, 15) is 13.2 Å². The highest BCUT2D eigenvalue weighted by Crippen LogP contribution is 2.30. The van der Waals surface area contributed by atoms with Crippen molar-refractivity contribution < 1.29 is 13.2 Å². The van der Waals surface area contributed by atoms with Crippen LogP contribution in [0.1, 0.15) is 22.3 Å². The Morgan fingerprint density at radius 1 is 1.23 bits per heavy atom. The van der Waals surface area contributed by atoms with Crippen LogP contribution >= 0.6 is 0 Å². The lowest BCUT2D eigenvalue weighted by Crippen LogP contribution is -2.35. The van der Waals surface area contributed by atoms with Gasteiger partial charge in [0.05, 0.1) is 11.9 Å². The number of hydrogen-bond donors (Lipinski definition) is 0. The van der Waals surface area contributed by atoms with Gasteiger partial charge in [-0.25, -0.2) is 8.42 Å². The second kappa shape index (κ2) is 7.33. The van der Waals surface area contributed by atoms with Gasteiger partial charge in [-0.2, -0.15) is 0 Å². The molecule has 0 spiro atoms. The van der Waals surface area contributed by atoms with Crippen LogP contribution in [-0.4, -0.2) is 33.7 Å². The van der Waals surface area contributed by atoms with E-state index in [4.69, 9.17) is 0 Å². The third-order valence-electron chi connectivity index (χ3n) is 4.43. The SMILES string of the molecule is C=CCN(C(=O)c1ccc2c(c1)CCCN2S(C)(=O)=O)c1ccccc1. The summed E-state index contributed by atoms with van der Waals surface area (Å²) in [6, 6.07) is 14.7. The Bertz CT molecular complexity index is 923. The fourth-order valence-corrected chi connectivity index (χ4v) is 4.23. The molecule has 0 bridgehead atoms. The summed E-state index contributed by atoms with van der Waals surface area (Å²) in [7, 11) is -3.32. The third-order valence-corrected chi connectivity index (χ3v) is 5.61. The first-order chi connectivity index (χ1) is 12.4. The molecule has 0 unspecified atom stereocenters. The fraction of sp³-hybridized carbons (Fsp3) is 0.250. The number of aryl methyl sites for hydroxylation is 1. The van der Waals surface area contributed by atoms with Crippen molar-refractivity contribution in [1.82, 2.24) is 0 Å². The number of amides is 1. The molecule has 5 nitrogen and oxygen atoms in total. The maximum absolute atomic E-state index is 13.0. The summed E-state index contributed by atoms with van der Waals surface area (Å²) in [5, 5.41) is 0. The zero-order valence-corrected chi connectivity index (χ0v) is 15.6. The normalized spacial score (nSPS) is 13.8. The van der Waals surface area contributed by atoms with Gasteiger partial charge in [-0.3, -0.25) is 9.10 Å². The Labute approximate surface area is 154 Å². The lowest BCUT2D eigenvalue weighted by atomic mass is 10.00. The molecule has 0 saturated heterocycles. The molecule has 1 heterocycles. The van der Waals surface area contributed by atoms with Gasteiger partial charge in [0, 0.05) is 24.3 Å². The Morgan fingerprint density at radius 3 is 2.62 bits per heavy atom. The summed E-state index contributed by atoms with van der Waals surface area (Å²) in [5.74, 6) is -0.129. The van der Waals surface area contributed by atoms with Crippen LogP contribution in [0.15, 0.2) is 61.2 Å². The van der Waals surface area contributed by atoms with Crippen LogP contribution in [0.25, 0.3) is 0 Å². The number of carbonyl (C=O) groups is 1. The average Bonchev–Trinajstić information content (AvgIpc) is 2.64. The minimum absolute atomic E-state index is 0.129. The van der Waals surface area contributed by atoms with Crippen molar-refractivity contribution in [3.8, 4) is 0 Å². The zero-order chi connectivity index (χ0) is 18.7. The van der Waals surface area contributed by atoms with Crippen LogP contribution in [-0.2, 0) is 16.4 Å². The number of fused-ring (bicyclic) bond motifs is 1. The molecule has 136 valence electrons. The summed E-state index contributed by atoms with van der Waals surface area (Å²) >= 11 is 0. The van der Waals surface area contributed by atoms with Gasteiger partial charge in [0.25, 0.3) is 5.91 Å². The molecule has 1 aliphatic heterocycles. The number of sulfonamides is 1. The van der Waals surface area contributed by atoms with Crippen molar-refractivity contribution >= 4 is 27.3 Å². The molecule has 1 aliphatic rings. The highest BCUT2D eigenvalue weighted by atomic mass is 32.2. The molecule has 1 amide bonds. The van der Waals surface area contributed by atoms with Gasteiger partial charge in [-0.1, -0.05) is 24.3 Å². The minimum atomic E-state index is -3.32. The molecule has 0 atom stereocenters. The van der Waals surface area contributed by atoms with Gasteiger partial charge in [-0.15, -0.1) is 6.58 Å². The number of para-hydroxylation sites is 1. The van der Waals surface area contributed by atoms with Crippen LogP contribution in [0.3, 0.4) is 0 Å². The Kier molecular flexibility index (Phi) is 5.13. The number of anilines is 2. The lowest BCUT2D eigenvalue weighted by Gasteiger charge is -2.30. The maximum atomic E-state index is 13.0. The second-order valence-corrected chi connectivity index (χ2v) is 8.23. The van der Waals surface area contributed by atoms with Crippen molar-refractivity contribution in [1.29, 1.82) is 0 Å². The molecule has 0 saturated carbocycles. The molecule has 0 fully saturated rings. The first kappa shape index (κ1) is 18.2. The number of nitrogens with zero attached hydrogens (tertiary/aromatic N) is 2. The van der Waals surface area contributed by atoms with Crippen LogP contribution in [0.2, 0.25) is 0 Å². The van der Waals surface area contributed by atoms with Gasteiger partial charge < -0.3 is 4.90 Å². The fourth-order valence-electron chi connectivity index (χ4n) is 3.24. The summed E-state index contributed by atoms with van der Waals surface area (Å²) < 4.78 is 25.4. The third kappa shape index (κ3) is 3.65. The topological polar surface area (TPSA) is 57.7 Å². The van der Waals surface area contributed by atoms with Crippen LogP contribution < -0.4 is 9.21 Å². The van der Waals surface area contributed by atoms with Gasteiger partial charge in [0.2, 0.25) is 10.0 Å². The molecule has 0 aliphatic carbocycles. The van der Waals surface area contributed by atoms with Gasteiger partial charge in [0.1, 0.15) is 0 Å². The molecular weight excluding hydrogens is 348 g/mol. The largest absolute Gasteiger partial charge is 0.305 e. The first-order valence-corrected chi connectivity index (χ1v) is 10.3. The van der Waals surface area contributed by atoms with Gasteiger partial charge >= 0.3 is 0 Å². The molecule has 26 heavy (non-hydrogen) atoms. The standard InChI is InChI=1S/C20H22N2O3S/c1-3-13-21(18-9-5-4-6-10-18)20(23)17-11-12-19-16(15-17)8-7-14-22(19)26(2,24)25/h3-6,9-12,15H,1,7-8,13-14H2,2H3. The van der Waals surface area contributed by atoms with Crippen LogP contribution in [0, 0.1) is 0 Å². The molecule has 0 aromatic heterocycles. The van der Waals surface area contributed by atoms with Crippen molar-refractivity contribution in [2.24, 2.45) is 0 Å². The van der Waals surface area contributed by atoms with E-state index >= 15 is 0 Å². The highest BCUT2D eigenvalue weighted by molar-refractivity contribution is 7.92. The van der Waals surface area contributed by atoms with E-state index < -0.39 is 10.0 Å². The maximum Gasteiger partial charge on any atom is 0.258 e. The minimum Gasteiger partial charge on any atom is -0.305 e. The van der Waals surface area contributed by atoms with Gasteiger partial charge in [0.15, 0.2) is 0 Å². The van der Waals surface area contributed by atoms with E-state index in [-0.39, 0.29) is 5.91 Å². The van der Waals surface area contributed by atoms with Crippen molar-refractivity contribution in [2.75, 3.05) is 28.6 Å². The van der Waals surface area contributed by atoms with E-state index in [0.717, 1.165) is 24.1 Å². The molecule has 2 aromatic carbocycles. The summed E-state index contributed by atoms with van der Waals surface area (Å²) in [6.07, 6.45) is 4.40. The van der Waals surface area contributed by atoms with E-state index in [1.807, 2.05) is 36.4 Å². The van der Waals surface area contributed by atoms with E-state index in [2.05, 4.69) is 6.58 Å². The predicted molar refractivity (Wildman–Crippen MR) is 105 cm³/mol. The number of carbonyl (C=O) groups excluding carboxylic acids is 1.